The van der Waals surface area contributed by atoms with Crippen LogP contribution < -0.4 is 10.2 Å². The van der Waals surface area contributed by atoms with Gasteiger partial charge in [0.25, 0.3) is 0 Å². The SMILES string of the molecule is Cc1cccc(N2CCC(NC(C)c3ncnn3C)CC2)c1. The molecule has 1 N–H and O–H groups in total. The summed E-state index contributed by atoms with van der Waals surface area (Å²) < 4.78 is 1.85. The van der Waals surface area contributed by atoms with Crippen LogP contribution in [0.3, 0.4) is 0 Å². The van der Waals surface area contributed by atoms with Crippen LogP contribution in [0.1, 0.15) is 37.2 Å². The number of benzene rings is 1. The maximum Gasteiger partial charge on any atom is 0.143 e. The Kier molecular flexibility index (Phi) is 4.43. The van der Waals surface area contributed by atoms with Crippen molar-refractivity contribution in [1.29, 1.82) is 0 Å². The van der Waals surface area contributed by atoms with E-state index in [0.29, 0.717) is 6.04 Å². The first-order chi connectivity index (χ1) is 10.6. The van der Waals surface area contributed by atoms with Crippen LogP contribution in [0.15, 0.2) is 30.6 Å². The number of anilines is 1. The van der Waals surface area contributed by atoms with Gasteiger partial charge in [0, 0.05) is 31.9 Å². The number of rotatable bonds is 4. The van der Waals surface area contributed by atoms with E-state index in [9.17, 15) is 0 Å². The first-order valence-corrected chi connectivity index (χ1v) is 8.05. The number of hydrogen-bond acceptors (Lipinski definition) is 4. The smallest absolute Gasteiger partial charge is 0.143 e. The highest BCUT2D eigenvalue weighted by atomic mass is 15.3. The predicted octanol–water partition coefficient (Wildman–Crippen LogP) is 2.44. The van der Waals surface area contributed by atoms with Crippen molar-refractivity contribution in [2.75, 3.05) is 18.0 Å². The Morgan fingerprint density at radius 2 is 2.05 bits per heavy atom. The normalized spacial score (nSPS) is 17.7. The molecule has 3 rings (SSSR count). The summed E-state index contributed by atoms with van der Waals surface area (Å²) in [6.07, 6.45) is 3.94. The molecular weight excluding hydrogens is 274 g/mol. The standard InChI is InChI=1S/C17H25N5/c1-13-5-4-6-16(11-13)22-9-7-15(8-10-22)20-14(2)17-18-12-19-21(17)3/h4-6,11-12,14-15,20H,7-10H2,1-3H3. The van der Waals surface area contributed by atoms with Crippen molar-refractivity contribution in [1.82, 2.24) is 20.1 Å². The van der Waals surface area contributed by atoms with Crippen molar-refractivity contribution < 1.29 is 0 Å². The molecule has 2 heterocycles. The maximum atomic E-state index is 4.33. The van der Waals surface area contributed by atoms with Gasteiger partial charge in [-0.25, -0.2) is 4.98 Å². The summed E-state index contributed by atoms with van der Waals surface area (Å²) >= 11 is 0. The highest BCUT2D eigenvalue weighted by molar-refractivity contribution is 5.48. The van der Waals surface area contributed by atoms with Crippen LogP contribution in [0.25, 0.3) is 0 Å². The Morgan fingerprint density at radius 1 is 1.27 bits per heavy atom. The van der Waals surface area contributed by atoms with E-state index < -0.39 is 0 Å². The molecular formula is C17H25N5. The molecule has 1 aromatic heterocycles. The van der Waals surface area contributed by atoms with Crippen LogP contribution in [-0.4, -0.2) is 33.9 Å². The van der Waals surface area contributed by atoms with Gasteiger partial charge in [-0.15, -0.1) is 0 Å². The summed E-state index contributed by atoms with van der Waals surface area (Å²) in [5.74, 6) is 1.00. The van der Waals surface area contributed by atoms with Crippen molar-refractivity contribution >= 4 is 5.69 Å². The van der Waals surface area contributed by atoms with Crippen molar-refractivity contribution in [3.63, 3.8) is 0 Å². The first-order valence-electron chi connectivity index (χ1n) is 8.05. The molecule has 1 unspecified atom stereocenters. The molecule has 1 aliphatic rings. The van der Waals surface area contributed by atoms with E-state index in [1.54, 1.807) is 6.33 Å². The Morgan fingerprint density at radius 3 is 2.68 bits per heavy atom. The summed E-state index contributed by atoms with van der Waals surface area (Å²) in [5.41, 5.74) is 2.67. The predicted molar refractivity (Wildman–Crippen MR) is 89.0 cm³/mol. The van der Waals surface area contributed by atoms with E-state index in [1.807, 2.05) is 11.7 Å². The molecule has 0 amide bonds. The summed E-state index contributed by atoms with van der Waals surface area (Å²) in [6.45, 7) is 6.52. The molecule has 1 saturated heterocycles. The van der Waals surface area contributed by atoms with Crippen LogP contribution in [0, 0.1) is 6.92 Å². The fraction of sp³-hybridized carbons (Fsp3) is 0.529. The third-order valence-electron chi connectivity index (χ3n) is 4.48. The first kappa shape index (κ1) is 15.0. The van der Waals surface area contributed by atoms with Crippen LogP contribution in [0.4, 0.5) is 5.69 Å². The second-order valence-electron chi connectivity index (χ2n) is 6.23. The summed E-state index contributed by atoms with van der Waals surface area (Å²) in [6, 6.07) is 9.57. The molecule has 118 valence electrons. The second-order valence-corrected chi connectivity index (χ2v) is 6.23. The van der Waals surface area contributed by atoms with E-state index in [-0.39, 0.29) is 6.04 Å². The van der Waals surface area contributed by atoms with Gasteiger partial charge in [-0.05, 0) is 44.4 Å². The lowest BCUT2D eigenvalue weighted by Gasteiger charge is -2.35. The van der Waals surface area contributed by atoms with Crippen LogP contribution in [0.5, 0.6) is 0 Å². The Balaban J connectivity index is 1.55. The largest absolute Gasteiger partial charge is 0.371 e. The number of nitrogens with one attached hydrogen (secondary N) is 1. The van der Waals surface area contributed by atoms with E-state index in [0.717, 1.165) is 31.8 Å². The van der Waals surface area contributed by atoms with Gasteiger partial charge in [0.05, 0.1) is 6.04 Å². The zero-order valence-corrected chi connectivity index (χ0v) is 13.7. The summed E-state index contributed by atoms with van der Waals surface area (Å²) in [4.78, 5) is 6.82. The van der Waals surface area contributed by atoms with Crippen LogP contribution in [-0.2, 0) is 7.05 Å². The number of aryl methyl sites for hydroxylation is 2. The molecule has 22 heavy (non-hydrogen) atoms. The van der Waals surface area contributed by atoms with Crippen LogP contribution >= 0.6 is 0 Å². The molecule has 5 heteroatoms. The van der Waals surface area contributed by atoms with Crippen molar-refractivity contribution in [2.24, 2.45) is 7.05 Å². The third-order valence-corrected chi connectivity index (χ3v) is 4.48. The lowest BCUT2D eigenvalue weighted by Crippen LogP contribution is -2.43. The molecule has 2 aromatic rings. The van der Waals surface area contributed by atoms with Gasteiger partial charge in [-0.1, -0.05) is 12.1 Å². The Hall–Kier alpha value is -1.88. The maximum absolute atomic E-state index is 4.33. The van der Waals surface area contributed by atoms with Crippen LogP contribution in [0.2, 0.25) is 0 Å². The summed E-state index contributed by atoms with van der Waals surface area (Å²) in [7, 11) is 1.95. The van der Waals surface area contributed by atoms with E-state index in [1.165, 1.54) is 11.3 Å². The van der Waals surface area contributed by atoms with Gasteiger partial charge in [0.1, 0.15) is 12.2 Å². The third kappa shape index (κ3) is 3.30. The Labute approximate surface area is 132 Å². The molecule has 0 spiro atoms. The molecule has 0 radical (unpaired) electrons. The average Bonchev–Trinajstić information content (AvgIpc) is 2.94. The molecule has 1 aromatic carbocycles. The average molecular weight is 299 g/mol. The minimum atomic E-state index is 0.239. The number of nitrogens with zero attached hydrogens (tertiary/aromatic N) is 4. The quantitative estimate of drug-likeness (QED) is 0.942. The molecule has 1 fully saturated rings. The summed E-state index contributed by atoms with van der Waals surface area (Å²) in [5, 5.41) is 7.84. The molecule has 1 atom stereocenters. The minimum Gasteiger partial charge on any atom is -0.371 e. The van der Waals surface area contributed by atoms with Gasteiger partial charge in [-0.3, -0.25) is 4.68 Å². The van der Waals surface area contributed by atoms with Crippen molar-refractivity contribution in [3.05, 3.63) is 42.0 Å². The fourth-order valence-electron chi connectivity index (χ4n) is 3.25. The second kappa shape index (κ2) is 6.48. The molecule has 5 nitrogen and oxygen atoms in total. The van der Waals surface area contributed by atoms with Gasteiger partial charge in [0.15, 0.2) is 0 Å². The molecule has 1 aliphatic heterocycles. The Bertz CT molecular complexity index is 613. The van der Waals surface area contributed by atoms with Gasteiger partial charge < -0.3 is 10.2 Å². The topological polar surface area (TPSA) is 46.0 Å². The number of aromatic nitrogens is 3. The zero-order valence-electron chi connectivity index (χ0n) is 13.7. The van der Waals surface area contributed by atoms with Gasteiger partial charge >= 0.3 is 0 Å². The lowest BCUT2D eigenvalue weighted by molar-refractivity contribution is 0.368. The van der Waals surface area contributed by atoms with Gasteiger partial charge in [0.2, 0.25) is 0 Å². The molecule has 0 bridgehead atoms. The van der Waals surface area contributed by atoms with Gasteiger partial charge in [-0.2, -0.15) is 5.10 Å². The fourth-order valence-corrected chi connectivity index (χ4v) is 3.25. The van der Waals surface area contributed by atoms with Crippen molar-refractivity contribution in [3.8, 4) is 0 Å². The zero-order chi connectivity index (χ0) is 15.5. The molecule has 0 saturated carbocycles. The minimum absolute atomic E-state index is 0.239. The number of hydrogen-bond donors (Lipinski definition) is 1. The highest BCUT2D eigenvalue weighted by Crippen LogP contribution is 2.22. The van der Waals surface area contributed by atoms with E-state index >= 15 is 0 Å². The number of piperidine rings is 1. The van der Waals surface area contributed by atoms with E-state index in [2.05, 4.69) is 58.4 Å². The monoisotopic (exact) mass is 299 g/mol. The highest BCUT2D eigenvalue weighted by Gasteiger charge is 2.22. The van der Waals surface area contributed by atoms with Crippen molar-refractivity contribution in [2.45, 2.75) is 38.8 Å². The van der Waals surface area contributed by atoms with E-state index in [4.69, 9.17) is 0 Å². The lowest BCUT2D eigenvalue weighted by atomic mass is 10.0. The molecule has 0 aliphatic carbocycles.